The summed E-state index contributed by atoms with van der Waals surface area (Å²) in [4.78, 5) is 2.53. The third kappa shape index (κ3) is 6.27. The lowest BCUT2D eigenvalue weighted by Gasteiger charge is -2.39. The van der Waals surface area contributed by atoms with E-state index in [0.29, 0.717) is 5.41 Å². The minimum atomic E-state index is 0.603. The molecular formula is C25H35N3S2. The average Bonchev–Trinajstić information content (AvgIpc) is 3.18. The van der Waals surface area contributed by atoms with E-state index in [-0.39, 0.29) is 0 Å². The highest BCUT2D eigenvalue weighted by Gasteiger charge is 2.41. The van der Waals surface area contributed by atoms with Gasteiger partial charge in [-0.2, -0.15) is 0 Å². The predicted octanol–water partition coefficient (Wildman–Crippen LogP) is 5.91. The van der Waals surface area contributed by atoms with Crippen LogP contribution in [0, 0.1) is 5.41 Å². The van der Waals surface area contributed by atoms with Crippen LogP contribution in [0.2, 0.25) is 0 Å². The molecule has 0 amide bonds. The van der Waals surface area contributed by atoms with Crippen LogP contribution in [-0.4, -0.2) is 30.0 Å². The Bertz CT molecular complexity index is 775. The number of nitrogens with one attached hydrogen (secondary N) is 1. The van der Waals surface area contributed by atoms with Crippen LogP contribution >= 0.6 is 23.9 Å². The standard InChI is InChI=1S/C25H35N3S2/c26-29-24-11-6-8-21(19-24)7-4-5-16-27-22-12-13-25(20-22)14-17-28(18-15-25)30-23-9-2-1-3-10-23/h1-3,6,8-11,19,22,27H,4-5,7,12-18,20,26H2. The first-order chi connectivity index (χ1) is 14.7. The Morgan fingerprint density at radius 1 is 0.967 bits per heavy atom. The molecule has 2 aromatic carbocycles. The zero-order valence-corrected chi connectivity index (χ0v) is 19.5. The molecule has 1 saturated heterocycles. The van der Waals surface area contributed by atoms with Crippen molar-refractivity contribution in [3.05, 3.63) is 60.2 Å². The molecule has 1 heterocycles. The van der Waals surface area contributed by atoms with Gasteiger partial charge in [0.15, 0.2) is 0 Å². The average molecular weight is 442 g/mol. The van der Waals surface area contributed by atoms with Gasteiger partial charge in [-0.25, -0.2) is 4.31 Å². The molecule has 162 valence electrons. The molecule has 3 N–H and O–H groups in total. The molecule has 1 aliphatic heterocycles. The van der Waals surface area contributed by atoms with Crippen molar-refractivity contribution < 1.29 is 0 Å². The second-order valence-electron chi connectivity index (χ2n) is 8.95. The van der Waals surface area contributed by atoms with Gasteiger partial charge >= 0.3 is 0 Å². The summed E-state index contributed by atoms with van der Waals surface area (Å²) in [5.74, 6) is 0. The minimum Gasteiger partial charge on any atom is -0.314 e. The van der Waals surface area contributed by atoms with Gasteiger partial charge in [0.05, 0.1) is 0 Å². The van der Waals surface area contributed by atoms with Crippen LogP contribution in [0.4, 0.5) is 0 Å². The molecule has 4 rings (SSSR count). The number of benzene rings is 2. The lowest BCUT2D eigenvalue weighted by Crippen LogP contribution is -2.37. The van der Waals surface area contributed by atoms with E-state index in [1.807, 2.05) is 11.9 Å². The topological polar surface area (TPSA) is 41.3 Å². The third-order valence-corrected chi connectivity index (χ3v) is 8.46. The molecule has 0 bridgehead atoms. The fourth-order valence-electron chi connectivity index (χ4n) is 5.05. The molecule has 0 radical (unpaired) electrons. The molecule has 1 saturated carbocycles. The molecule has 1 unspecified atom stereocenters. The van der Waals surface area contributed by atoms with Crippen LogP contribution in [0.5, 0.6) is 0 Å². The monoisotopic (exact) mass is 441 g/mol. The zero-order valence-electron chi connectivity index (χ0n) is 17.9. The molecule has 1 atom stereocenters. The second-order valence-corrected chi connectivity index (χ2v) is 10.8. The molecule has 2 aliphatic rings. The molecule has 2 fully saturated rings. The van der Waals surface area contributed by atoms with Crippen LogP contribution < -0.4 is 10.5 Å². The maximum absolute atomic E-state index is 5.67. The largest absolute Gasteiger partial charge is 0.314 e. The van der Waals surface area contributed by atoms with Crippen LogP contribution in [0.3, 0.4) is 0 Å². The summed E-state index contributed by atoms with van der Waals surface area (Å²) in [7, 11) is 0. The van der Waals surface area contributed by atoms with Crippen molar-refractivity contribution in [1.29, 1.82) is 0 Å². The number of nitrogens with zero attached hydrogens (tertiary/aromatic N) is 1. The number of hydrogen-bond acceptors (Lipinski definition) is 5. The van der Waals surface area contributed by atoms with Crippen molar-refractivity contribution in [2.75, 3.05) is 19.6 Å². The highest BCUT2D eigenvalue weighted by molar-refractivity contribution is 7.97. The van der Waals surface area contributed by atoms with Crippen molar-refractivity contribution in [2.24, 2.45) is 10.6 Å². The van der Waals surface area contributed by atoms with E-state index < -0.39 is 0 Å². The number of unbranched alkanes of at least 4 members (excludes halogenated alkanes) is 1. The van der Waals surface area contributed by atoms with E-state index >= 15 is 0 Å². The molecular weight excluding hydrogens is 406 g/mol. The Balaban J connectivity index is 1.12. The van der Waals surface area contributed by atoms with Crippen molar-refractivity contribution in [3.63, 3.8) is 0 Å². The van der Waals surface area contributed by atoms with Gasteiger partial charge in [0.2, 0.25) is 0 Å². The van der Waals surface area contributed by atoms with Gasteiger partial charge in [-0.15, -0.1) is 0 Å². The van der Waals surface area contributed by atoms with Crippen LogP contribution in [0.15, 0.2) is 64.4 Å². The van der Waals surface area contributed by atoms with Crippen molar-refractivity contribution >= 4 is 23.9 Å². The maximum Gasteiger partial charge on any atom is 0.0230 e. The van der Waals surface area contributed by atoms with Gasteiger partial charge in [0.25, 0.3) is 0 Å². The Hall–Kier alpha value is -0.980. The van der Waals surface area contributed by atoms with E-state index in [4.69, 9.17) is 5.14 Å². The summed E-state index contributed by atoms with van der Waals surface area (Å²) in [6.07, 6.45) is 10.5. The summed E-state index contributed by atoms with van der Waals surface area (Å²) in [5.41, 5.74) is 2.01. The van der Waals surface area contributed by atoms with Gasteiger partial charge in [-0.1, -0.05) is 30.3 Å². The summed E-state index contributed by atoms with van der Waals surface area (Å²) < 4.78 is 2.57. The summed E-state index contributed by atoms with van der Waals surface area (Å²) in [6.45, 7) is 3.61. The van der Waals surface area contributed by atoms with Gasteiger partial charge in [0.1, 0.15) is 0 Å². The summed E-state index contributed by atoms with van der Waals surface area (Å²) in [6, 6.07) is 20.2. The van der Waals surface area contributed by atoms with Gasteiger partial charge in [-0.05, 0) is 117 Å². The van der Waals surface area contributed by atoms with Gasteiger partial charge < -0.3 is 5.32 Å². The smallest absolute Gasteiger partial charge is 0.0230 e. The number of nitrogens with two attached hydrogens (primary N) is 1. The minimum absolute atomic E-state index is 0.603. The number of hydrogen-bond donors (Lipinski definition) is 2. The van der Waals surface area contributed by atoms with Crippen LogP contribution in [0.25, 0.3) is 0 Å². The number of rotatable bonds is 9. The first-order valence-corrected chi connectivity index (χ1v) is 13.1. The Morgan fingerprint density at radius 3 is 2.57 bits per heavy atom. The molecule has 3 nitrogen and oxygen atoms in total. The lowest BCUT2D eigenvalue weighted by molar-refractivity contribution is 0.163. The zero-order chi connectivity index (χ0) is 20.7. The fourth-order valence-corrected chi connectivity index (χ4v) is 6.37. The Kier molecular flexibility index (Phi) is 8.19. The highest BCUT2D eigenvalue weighted by Crippen LogP contribution is 2.47. The molecule has 1 spiro atoms. The summed E-state index contributed by atoms with van der Waals surface area (Å²) in [5, 5.41) is 9.54. The maximum atomic E-state index is 5.67. The Labute approximate surface area is 190 Å². The lowest BCUT2D eigenvalue weighted by atomic mass is 9.77. The first kappa shape index (κ1) is 22.2. The SMILES string of the molecule is NSc1cccc(CCCCNC2CCC3(CCN(Sc4ccccc4)CC3)C2)c1. The van der Waals surface area contributed by atoms with Crippen molar-refractivity contribution in [2.45, 2.75) is 67.2 Å². The molecule has 5 heteroatoms. The van der Waals surface area contributed by atoms with Crippen molar-refractivity contribution in [1.82, 2.24) is 9.62 Å². The van der Waals surface area contributed by atoms with E-state index in [1.54, 1.807) is 0 Å². The first-order valence-electron chi connectivity index (χ1n) is 11.4. The normalized spacial score (nSPS) is 21.3. The Morgan fingerprint density at radius 2 is 1.77 bits per heavy atom. The van der Waals surface area contributed by atoms with E-state index in [0.717, 1.165) is 23.9 Å². The predicted molar refractivity (Wildman–Crippen MR) is 131 cm³/mol. The van der Waals surface area contributed by atoms with Crippen LogP contribution in [0.1, 0.15) is 50.5 Å². The van der Waals surface area contributed by atoms with Gasteiger partial charge in [0, 0.05) is 28.9 Å². The quantitative estimate of drug-likeness (QED) is 0.374. The van der Waals surface area contributed by atoms with E-state index in [2.05, 4.69) is 64.2 Å². The molecule has 1 aliphatic carbocycles. The number of aryl methyl sites for hydroxylation is 1. The van der Waals surface area contributed by atoms with Crippen LogP contribution in [-0.2, 0) is 6.42 Å². The fraction of sp³-hybridized carbons (Fsp3) is 0.520. The van der Waals surface area contributed by atoms with Gasteiger partial charge in [-0.3, -0.25) is 5.14 Å². The van der Waals surface area contributed by atoms with E-state index in [1.165, 1.54) is 80.4 Å². The van der Waals surface area contributed by atoms with E-state index in [9.17, 15) is 0 Å². The molecule has 0 aromatic heterocycles. The third-order valence-electron chi connectivity index (χ3n) is 6.82. The summed E-state index contributed by atoms with van der Waals surface area (Å²) >= 11 is 3.27. The van der Waals surface area contributed by atoms with Crippen molar-refractivity contribution in [3.8, 4) is 0 Å². The second kappa shape index (κ2) is 11.1. The highest BCUT2D eigenvalue weighted by atomic mass is 32.2. The molecule has 30 heavy (non-hydrogen) atoms. The molecule has 2 aromatic rings. The number of piperidine rings is 1.